The van der Waals surface area contributed by atoms with E-state index < -0.39 is 0 Å². The first-order valence-electron chi connectivity index (χ1n) is 6.65. The van der Waals surface area contributed by atoms with Crippen molar-refractivity contribution >= 4 is 5.91 Å². The molecule has 0 aromatic rings. The third-order valence-corrected chi connectivity index (χ3v) is 3.81. The van der Waals surface area contributed by atoms with E-state index in [1.807, 2.05) is 37.8 Å². The summed E-state index contributed by atoms with van der Waals surface area (Å²) in [5.74, 6) is 2.17. The molecule has 0 radical (unpaired) electrons. The Bertz CT molecular complexity index is 390. The number of nitrogens with zero attached hydrogens (tertiary/aromatic N) is 1. The molecule has 1 fully saturated rings. The lowest BCUT2D eigenvalue weighted by Crippen LogP contribution is -2.48. The van der Waals surface area contributed by atoms with Crippen LogP contribution in [0, 0.1) is 17.3 Å². The van der Waals surface area contributed by atoms with E-state index in [0.717, 1.165) is 25.3 Å². The van der Waals surface area contributed by atoms with E-state index in [1.165, 1.54) is 0 Å². The minimum Gasteiger partial charge on any atom is -0.501 e. The molecule has 0 aromatic heterocycles. The molecule has 1 heterocycles. The van der Waals surface area contributed by atoms with Gasteiger partial charge in [-0.1, -0.05) is 32.9 Å². The van der Waals surface area contributed by atoms with Gasteiger partial charge in [-0.15, -0.1) is 0 Å². The van der Waals surface area contributed by atoms with Gasteiger partial charge in [-0.05, 0) is 12.5 Å². The standard InChI is InChI=1S/C15H23NO2/c1-15(2,3)14(17)16-9-8-12-11(10-16)6-5-7-13(12)18-4/h5-7,11-12H,8-10H2,1-4H3/t11-,12?/m0/s1. The molecule has 100 valence electrons. The maximum absolute atomic E-state index is 12.3. The number of carbonyl (C=O) groups is 1. The molecule has 1 amide bonds. The molecule has 0 spiro atoms. The molecule has 1 aliphatic carbocycles. The molecule has 2 rings (SSSR count). The number of ether oxygens (including phenoxy) is 1. The smallest absolute Gasteiger partial charge is 0.227 e. The molecule has 18 heavy (non-hydrogen) atoms. The molecule has 0 aromatic carbocycles. The molecule has 1 saturated heterocycles. The van der Waals surface area contributed by atoms with Crippen LogP contribution >= 0.6 is 0 Å². The first-order valence-corrected chi connectivity index (χ1v) is 6.65. The van der Waals surface area contributed by atoms with Gasteiger partial charge in [0, 0.05) is 30.3 Å². The summed E-state index contributed by atoms with van der Waals surface area (Å²) >= 11 is 0. The third kappa shape index (κ3) is 2.45. The highest BCUT2D eigenvalue weighted by Gasteiger charge is 2.36. The Hall–Kier alpha value is -1.25. The van der Waals surface area contributed by atoms with E-state index >= 15 is 0 Å². The molecule has 1 aliphatic heterocycles. The van der Waals surface area contributed by atoms with Crippen LogP contribution in [0.5, 0.6) is 0 Å². The van der Waals surface area contributed by atoms with Gasteiger partial charge in [0.05, 0.1) is 12.9 Å². The Morgan fingerprint density at radius 1 is 1.44 bits per heavy atom. The average Bonchev–Trinajstić information content (AvgIpc) is 2.35. The molecule has 2 atom stereocenters. The number of likely N-dealkylation sites (tertiary alicyclic amines) is 1. The van der Waals surface area contributed by atoms with E-state index in [4.69, 9.17) is 4.74 Å². The zero-order valence-electron chi connectivity index (χ0n) is 11.8. The van der Waals surface area contributed by atoms with Gasteiger partial charge >= 0.3 is 0 Å². The lowest BCUT2D eigenvalue weighted by atomic mass is 9.80. The fraction of sp³-hybridized carbons (Fsp3) is 0.667. The lowest BCUT2D eigenvalue weighted by Gasteiger charge is -2.41. The number of piperidine rings is 1. The summed E-state index contributed by atoms with van der Waals surface area (Å²) in [6, 6.07) is 0. The van der Waals surface area contributed by atoms with Gasteiger partial charge in [0.25, 0.3) is 0 Å². The molecule has 3 nitrogen and oxygen atoms in total. The monoisotopic (exact) mass is 249 g/mol. The summed E-state index contributed by atoms with van der Waals surface area (Å²) in [4.78, 5) is 14.3. The maximum atomic E-state index is 12.3. The zero-order chi connectivity index (χ0) is 13.3. The highest BCUT2D eigenvalue weighted by molar-refractivity contribution is 5.81. The lowest BCUT2D eigenvalue weighted by molar-refractivity contribution is -0.141. The third-order valence-electron chi connectivity index (χ3n) is 3.81. The number of carbonyl (C=O) groups excluding carboxylic acids is 1. The molecule has 0 N–H and O–H groups in total. The van der Waals surface area contributed by atoms with Gasteiger partial charge in [0.2, 0.25) is 5.91 Å². The predicted molar refractivity (Wildman–Crippen MR) is 71.9 cm³/mol. The summed E-state index contributed by atoms with van der Waals surface area (Å²) in [5.41, 5.74) is -0.287. The number of methoxy groups -OCH3 is 1. The maximum Gasteiger partial charge on any atom is 0.227 e. The van der Waals surface area contributed by atoms with Crippen LogP contribution in [0.3, 0.4) is 0 Å². The van der Waals surface area contributed by atoms with Crippen LogP contribution in [-0.4, -0.2) is 31.0 Å². The summed E-state index contributed by atoms with van der Waals surface area (Å²) < 4.78 is 5.43. The fourth-order valence-corrected chi connectivity index (χ4v) is 2.83. The summed E-state index contributed by atoms with van der Waals surface area (Å²) in [5, 5.41) is 0. The van der Waals surface area contributed by atoms with Gasteiger partial charge in [0.1, 0.15) is 0 Å². The van der Waals surface area contributed by atoms with Crippen LogP contribution in [-0.2, 0) is 9.53 Å². The van der Waals surface area contributed by atoms with Crippen LogP contribution in [0.2, 0.25) is 0 Å². The van der Waals surface area contributed by atoms with Crippen LogP contribution in [0.4, 0.5) is 0 Å². The van der Waals surface area contributed by atoms with Crippen LogP contribution < -0.4 is 0 Å². The molecule has 1 unspecified atom stereocenters. The van der Waals surface area contributed by atoms with E-state index in [9.17, 15) is 4.79 Å². The topological polar surface area (TPSA) is 29.5 Å². The Morgan fingerprint density at radius 2 is 2.17 bits per heavy atom. The Labute approximate surface area is 109 Å². The second-order valence-electron chi connectivity index (χ2n) is 6.22. The molecule has 0 bridgehead atoms. The number of amides is 1. The van der Waals surface area contributed by atoms with Crippen molar-refractivity contribution in [1.82, 2.24) is 4.90 Å². The van der Waals surface area contributed by atoms with Crippen molar-refractivity contribution in [2.24, 2.45) is 17.3 Å². The van der Waals surface area contributed by atoms with Crippen LogP contribution in [0.25, 0.3) is 0 Å². The highest BCUT2D eigenvalue weighted by atomic mass is 16.5. The van der Waals surface area contributed by atoms with Gasteiger partial charge in [0.15, 0.2) is 0 Å². The Morgan fingerprint density at radius 3 is 2.78 bits per heavy atom. The average molecular weight is 249 g/mol. The van der Waals surface area contributed by atoms with Crippen molar-refractivity contribution in [3.8, 4) is 0 Å². The van der Waals surface area contributed by atoms with Gasteiger partial charge in [-0.3, -0.25) is 4.79 Å². The molecule has 2 aliphatic rings. The fourth-order valence-electron chi connectivity index (χ4n) is 2.83. The minimum atomic E-state index is -0.287. The second kappa shape index (κ2) is 4.79. The number of allylic oxidation sites excluding steroid dienone is 3. The SMILES string of the molecule is COC1=CC=C[C@H]2CN(C(=O)C(C)(C)C)CCC12. The van der Waals surface area contributed by atoms with Crippen molar-refractivity contribution in [2.45, 2.75) is 27.2 Å². The number of hydrogen-bond acceptors (Lipinski definition) is 2. The number of fused-ring (bicyclic) bond motifs is 1. The van der Waals surface area contributed by atoms with Gasteiger partial charge < -0.3 is 9.64 Å². The summed E-state index contributed by atoms with van der Waals surface area (Å²) in [6.45, 7) is 7.61. The Balaban J connectivity index is 2.07. The van der Waals surface area contributed by atoms with Crippen molar-refractivity contribution in [2.75, 3.05) is 20.2 Å². The van der Waals surface area contributed by atoms with E-state index in [1.54, 1.807) is 7.11 Å². The molecular formula is C15H23NO2. The first kappa shape index (κ1) is 13.2. The van der Waals surface area contributed by atoms with Gasteiger partial charge in [-0.2, -0.15) is 0 Å². The highest BCUT2D eigenvalue weighted by Crippen LogP contribution is 2.35. The van der Waals surface area contributed by atoms with Crippen LogP contribution in [0.1, 0.15) is 27.2 Å². The number of hydrogen-bond donors (Lipinski definition) is 0. The van der Waals surface area contributed by atoms with E-state index in [-0.39, 0.29) is 11.3 Å². The minimum absolute atomic E-state index is 0.253. The molecule has 3 heteroatoms. The number of rotatable bonds is 1. The van der Waals surface area contributed by atoms with Crippen molar-refractivity contribution < 1.29 is 9.53 Å². The Kier molecular flexibility index (Phi) is 3.51. The van der Waals surface area contributed by atoms with Crippen LogP contribution in [0.15, 0.2) is 24.0 Å². The first-order chi connectivity index (χ1) is 8.43. The summed E-state index contributed by atoms with van der Waals surface area (Å²) in [6.07, 6.45) is 7.29. The van der Waals surface area contributed by atoms with E-state index in [0.29, 0.717) is 11.8 Å². The normalized spacial score (nSPS) is 27.6. The predicted octanol–water partition coefficient (Wildman–Crippen LogP) is 2.60. The molecule has 0 saturated carbocycles. The van der Waals surface area contributed by atoms with E-state index in [2.05, 4.69) is 6.08 Å². The second-order valence-corrected chi connectivity index (χ2v) is 6.22. The van der Waals surface area contributed by atoms with Crippen molar-refractivity contribution in [3.05, 3.63) is 24.0 Å². The van der Waals surface area contributed by atoms with Gasteiger partial charge in [-0.25, -0.2) is 0 Å². The summed E-state index contributed by atoms with van der Waals surface area (Å²) in [7, 11) is 1.73. The zero-order valence-corrected chi connectivity index (χ0v) is 11.8. The van der Waals surface area contributed by atoms with Crippen molar-refractivity contribution in [3.63, 3.8) is 0 Å². The quantitative estimate of drug-likeness (QED) is 0.715. The van der Waals surface area contributed by atoms with Crippen molar-refractivity contribution in [1.29, 1.82) is 0 Å². The largest absolute Gasteiger partial charge is 0.501 e. The molecular weight excluding hydrogens is 226 g/mol.